The molecule has 3 heteroatoms. The summed E-state index contributed by atoms with van der Waals surface area (Å²) in [7, 11) is 3.30. The number of benzene rings is 1. The predicted molar refractivity (Wildman–Crippen MR) is 73.0 cm³/mol. The average molecular weight is 246 g/mol. The molecule has 17 heavy (non-hydrogen) atoms. The molecule has 2 nitrogen and oxygen atoms in total. The van der Waals surface area contributed by atoms with Gasteiger partial charge in [-0.25, -0.2) is 0 Å². The van der Waals surface area contributed by atoms with Crippen LogP contribution >= 0.6 is 11.3 Å². The van der Waals surface area contributed by atoms with Crippen LogP contribution in [0.15, 0.2) is 36.9 Å². The van der Waals surface area contributed by atoms with Crippen LogP contribution in [0.3, 0.4) is 0 Å². The van der Waals surface area contributed by atoms with Gasteiger partial charge in [0, 0.05) is 15.3 Å². The molecule has 1 aromatic heterocycles. The molecule has 0 spiro atoms. The van der Waals surface area contributed by atoms with Crippen LogP contribution in [0.5, 0.6) is 11.5 Å². The molecule has 0 aliphatic rings. The highest BCUT2D eigenvalue weighted by Gasteiger charge is 2.12. The van der Waals surface area contributed by atoms with Crippen molar-refractivity contribution in [2.45, 2.75) is 0 Å². The summed E-state index contributed by atoms with van der Waals surface area (Å²) in [5.74, 6) is 1.52. The smallest absolute Gasteiger partial charge is 0.169 e. The van der Waals surface area contributed by atoms with E-state index in [0.717, 1.165) is 26.8 Å². The van der Waals surface area contributed by atoms with E-state index in [2.05, 4.69) is 12.6 Å². The average Bonchev–Trinajstić information content (AvgIpc) is 2.86. The number of hydrogen-bond donors (Lipinski definition) is 0. The molecule has 0 aliphatic carbocycles. The second kappa shape index (κ2) is 5.06. The molecule has 0 atom stereocenters. The largest absolute Gasteiger partial charge is 0.493 e. The van der Waals surface area contributed by atoms with Gasteiger partial charge >= 0.3 is 0 Å². The van der Waals surface area contributed by atoms with E-state index in [0.29, 0.717) is 0 Å². The van der Waals surface area contributed by atoms with Gasteiger partial charge < -0.3 is 9.47 Å². The summed E-state index contributed by atoms with van der Waals surface area (Å²) in [6.07, 6.45) is 1.85. The number of hydrogen-bond acceptors (Lipinski definition) is 3. The van der Waals surface area contributed by atoms with E-state index in [1.54, 1.807) is 25.6 Å². The van der Waals surface area contributed by atoms with Gasteiger partial charge in [0.2, 0.25) is 0 Å². The minimum absolute atomic E-state index is 0.749. The van der Waals surface area contributed by atoms with Gasteiger partial charge in [0.05, 0.1) is 14.2 Å². The Labute approximate surface area is 105 Å². The van der Waals surface area contributed by atoms with E-state index in [9.17, 15) is 0 Å². The van der Waals surface area contributed by atoms with Gasteiger partial charge in [-0.1, -0.05) is 18.7 Å². The third-order valence-corrected chi connectivity index (χ3v) is 3.61. The zero-order chi connectivity index (χ0) is 12.3. The Kier molecular flexibility index (Phi) is 3.49. The maximum Gasteiger partial charge on any atom is 0.169 e. The lowest BCUT2D eigenvalue weighted by Gasteiger charge is -2.11. The van der Waals surface area contributed by atoms with Crippen molar-refractivity contribution in [3.63, 3.8) is 0 Å². The summed E-state index contributed by atoms with van der Waals surface area (Å²) >= 11 is 1.68. The summed E-state index contributed by atoms with van der Waals surface area (Å²) in [6.45, 7) is 3.77. The monoisotopic (exact) mass is 246 g/mol. The normalized spacial score (nSPS) is 10.0. The molecule has 0 fully saturated rings. The van der Waals surface area contributed by atoms with Gasteiger partial charge in [-0.15, -0.1) is 11.3 Å². The summed E-state index contributed by atoms with van der Waals surface area (Å²) < 4.78 is 10.7. The molecular weight excluding hydrogens is 232 g/mol. The molecule has 0 N–H and O–H groups in total. The molecule has 0 aliphatic heterocycles. The first-order valence-electron chi connectivity index (χ1n) is 5.23. The van der Waals surface area contributed by atoms with Crippen molar-refractivity contribution < 1.29 is 9.47 Å². The minimum Gasteiger partial charge on any atom is -0.493 e. The minimum atomic E-state index is 0.749. The van der Waals surface area contributed by atoms with Crippen LogP contribution in [-0.2, 0) is 0 Å². The van der Waals surface area contributed by atoms with Gasteiger partial charge in [0.1, 0.15) is 0 Å². The van der Waals surface area contributed by atoms with Crippen molar-refractivity contribution in [3.8, 4) is 21.9 Å². The van der Waals surface area contributed by atoms with Crippen LogP contribution < -0.4 is 9.47 Å². The molecular formula is C14H14O2S. The SMILES string of the molecule is C=Cc1ccc(-c2cccc(OC)c2OC)s1. The first kappa shape index (κ1) is 11.7. The zero-order valence-electron chi connectivity index (χ0n) is 9.90. The van der Waals surface area contributed by atoms with E-state index in [1.807, 2.05) is 30.3 Å². The molecule has 0 bridgehead atoms. The summed E-state index contributed by atoms with van der Waals surface area (Å²) in [5.41, 5.74) is 1.05. The summed E-state index contributed by atoms with van der Waals surface area (Å²) in [4.78, 5) is 2.29. The fourth-order valence-corrected chi connectivity index (χ4v) is 2.57. The molecule has 0 unspecified atom stereocenters. The maximum atomic E-state index is 5.42. The van der Waals surface area contributed by atoms with Crippen molar-refractivity contribution in [1.82, 2.24) is 0 Å². The standard InChI is InChI=1S/C14H14O2S/c1-4-10-8-9-13(17-10)11-6-5-7-12(15-2)14(11)16-3/h4-9H,1H2,2-3H3. The van der Waals surface area contributed by atoms with E-state index in [4.69, 9.17) is 9.47 Å². The van der Waals surface area contributed by atoms with Crippen LogP contribution in [0, 0.1) is 0 Å². The van der Waals surface area contributed by atoms with Crippen LogP contribution in [0.25, 0.3) is 16.5 Å². The van der Waals surface area contributed by atoms with E-state index in [-0.39, 0.29) is 0 Å². The lowest BCUT2D eigenvalue weighted by Crippen LogP contribution is -1.92. The van der Waals surface area contributed by atoms with E-state index in [1.165, 1.54) is 0 Å². The van der Waals surface area contributed by atoms with Gasteiger partial charge in [-0.3, -0.25) is 0 Å². The zero-order valence-corrected chi connectivity index (χ0v) is 10.7. The fraction of sp³-hybridized carbons (Fsp3) is 0.143. The summed E-state index contributed by atoms with van der Waals surface area (Å²) in [5, 5.41) is 0. The van der Waals surface area contributed by atoms with Crippen LogP contribution in [0.2, 0.25) is 0 Å². The van der Waals surface area contributed by atoms with E-state index < -0.39 is 0 Å². The van der Waals surface area contributed by atoms with Crippen LogP contribution in [0.4, 0.5) is 0 Å². The molecule has 2 aromatic rings. The number of rotatable bonds is 4. The lowest BCUT2D eigenvalue weighted by molar-refractivity contribution is 0.356. The fourth-order valence-electron chi connectivity index (χ4n) is 1.69. The Morgan fingerprint density at radius 3 is 2.53 bits per heavy atom. The molecule has 0 amide bonds. The van der Waals surface area contributed by atoms with Crippen molar-refractivity contribution in [3.05, 3.63) is 41.8 Å². The van der Waals surface area contributed by atoms with Gasteiger partial charge in [0.15, 0.2) is 11.5 Å². The lowest BCUT2D eigenvalue weighted by atomic mass is 10.1. The van der Waals surface area contributed by atoms with Crippen molar-refractivity contribution in [1.29, 1.82) is 0 Å². The van der Waals surface area contributed by atoms with Gasteiger partial charge in [0.25, 0.3) is 0 Å². The molecule has 0 radical (unpaired) electrons. The Morgan fingerprint density at radius 1 is 1.12 bits per heavy atom. The first-order chi connectivity index (χ1) is 8.30. The quantitative estimate of drug-likeness (QED) is 0.809. The third kappa shape index (κ3) is 2.19. The Hall–Kier alpha value is -1.74. The van der Waals surface area contributed by atoms with E-state index >= 15 is 0 Å². The first-order valence-corrected chi connectivity index (χ1v) is 6.05. The second-order valence-corrected chi connectivity index (χ2v) is 4.56. The Balaban J connectivity index is 2.54. The number of methoxy groups -OCH3 is 2. The summed E-state index contributed by atoms with van der Waals surface area (Å²) in [6, 6.07) is 10.00. The van der Waals surface area contributed by atoms with Crippen LogP contribution in [-0.4, -0.2) is 14.2 Å². The van der Waals surface area contributed by atoms with Crippen molar-refractivity contribution >= 4 is 17.4 Å². The molecule has 1 heterocycles. The number of thiophene rings is 1. The van der Waals surface area contributed by atoms with Crippen molar-refractivity contribution in [2.24, 2.45) is 0 Å². The third-order valence-electron chi connectivity index (χ3n) is 2.50. The highest BCUT2D eigenvalue weighted by atomic mass is 32.1. The number of ether oxygens (including phenoxy) is 2. The topological polar surface area (TPSA) is 18.5 Å². The highest BCUT2D eigenvalue weighted by molar-refractivity contribution is 7.16. The van der Waals surface area contributed by atoms with Gasteiger partial charge in [-0.05, 0) is 24.3 Å². The Morgan fingerprint density at radius 2 is 1.94 bits per heavy atom. The highest BCUT2D eigenvalue weighted by Crippen LogP contribution is 2.40. The van der Waals surface area contributed by atoms with Gasteiger partial charge in [-0.2, -0.15) is 0 Å². The van der Waals surface area contributed by atoms with Crippen LogP contribution in [0.1, 0.15) is 4.88 Å². The number of para-hydroxylation sites is 1. The van der Waals surface area contributed by atoms with Crippen molar-refractivity contribution in [2.75, 3.05) is 14.2 Å². The molecule has 88 valence electrons. The molecule has 0 saturated carbocycles. The Bertz CT molecular complexity index is 529. The molecule has 2 rings (SSSR count). The second-order valence-electron chi connectivity index (χ2n) is 3.45. The maximum absolute atomic E-state index is 5.42. The predicted octanol–water partition coefficient (Wildman–Crippen LogP) is 4.08. The molecule has 1 aromatic carbocycles. The molecule has 0 saturated heterocycles.